The molecule has 0 radical (unpaired) electrons. The molecule has 0 aliphatic rings. The number of hydrogen-bond donors (Lipinski definition) is 3. The van der Waals surface area contributed by atoms with Crippen LogP contribution in [0.3, 0.4) is 0 Å². The van der Waals surface area contributed by atoms with Gasteiger partial charge in [0.05, 0.1) is 5.69 Å². The Balaban J connectivity index is 2.31. The van der Waals surface area contributed by atoms with Gasteiger partial charge in [0, 0.05) is 5.02 Å². The quantitative estimate of drug-likeness (QED) is 0.716. The number of benzene rings is 1. The van der Waals surface area contributed by atoms with Gasteiger partial charge in [-0.1, -0.05) is 11.6 Å². The van der Waals surface area contributed by atoms with Crippen LogP contribution in [0.1, 0.15) is 0 Å². The van der Waals surface area contributed by atoms with Crippen LogP contribution in [0.25, 0.3) is 0 Å². The van der Waals surface area contributed by atoms with Crippen LogP contribution in [-0.4, -0.2) is 9.97 Å². The van der Waals surface area contributed by atoms with E-state index >= 15 is 0 Å². The molecule has 2 aromatic rings. The van der Waals surface area contributed by atoms with E-state index in [1.807, 2.05) is 0 Å². The molecule has 1 aromatic heterocycles. The summed E-state index contributed by atoms with van der Waals surface area (Å²) in [6.07, 6.45) is 0. The fourth-order valence-electron chi connectivity index (χ4n) is 1.23. The van der Waals surface area contributed by atoms with Gasteiger partial charge in [-0.3, -0.25) is 0 Å². The molecule has 7 nitrogen and oxygen atoms in total. The SMILES string of the molecule is Nc1nc(N)c(N=Nc2ccc(Cl)cc2)c(N)n1. The van der Waals surface area contributed by atoms with Crippen molar-refractivity contribution < 1.29 is 0 Å². The molecule has 0 saturated heterocycles. The topological polar surface area (TPSA) is 129 Å². The van der Waals surface area contributed by atoms with Gasteiger partial charge in [0.25, 0.3) is 0 Å². The lowest BCUT2D eigenvalue weighted by molar-refractivity contribution is 1.15. The van der Waals surface area contributed by atoms with E-state index in [2.05, 4.69) is 20.2 Å². The molecule has 0 bridgehead atoms. The molecule has 8 heteroatoms. The minimum Gasteiger partial charge on any atom is -0.382 e. The van der Waals surface area contributed by atoms with Crippen molar-refractivity contribution in [3.63, 3.8) is 0 Å². The number of nitrogens with zero attached hydrogens (tertiary/aromatic N) is 4. The van der Waals surface area contributed by atoms with Gasteiger partial charge in [-0.15, -0.1) is 5.11 Å². The van der Waals surface area contributed by atoms with Gasteiger partial charge in [-0.2, -0.15) is 15.1 Å². The van der Waals surface area contributed by atoms with E-state index in [1.165, 1.54) is 0 Å². The van der Waals surface area contributed by atoms with E-state index in [1.54, 1.807) is 24.3 Å². The number of anilines is 3. The van der Waals surface area contributed by atoms with Gasteiger partial charge in [0.2, 0.25) is 5.95 Å². The number of halogens is 1. The Bertz CT molecular complexity index is 571. The molecule has 1 aromatic carbocycles. The Labute approximate surface area is 108 Å². The second kappa shape index (κ2) is 4.84. The van der Waals surface area contributed by atoms with E-state index in [-0.39, 0.29) is 23.3 Å². The maximum Gasteiger partial charge on any atom is 0.224 e. The van der Waals surface area contributed by atoms with E-state index in [0.717, 1.165) is 0 Å². The zero-order chi connectivity index (χ0) is 13.1. The molecule has 0 amide bonds. The smallest absolute Gasteiger partial charge is 0.224 e. The highest BCUT2D eigenvalue weighted by atomic mass is 35.5. The Morgan fingerprint density at radius 2 is 1.44 bits per heavy atom. The van der Waals surface area contributed by atoms with Gasteiger partial charge >= 0.3 is 0 Å². The summed E-state index contributed by atoms with van der Waals surface area (Å²) in [7, 11) is 0. The first-order valence-electron chi connectivity index (χ1n) is 4.92. The number of nitrogens with two attached hydrogens (primary N) is 3. The maximum absolute atomic E-state index is 5.75. The molecular formula is C10H10ClN7. The monoisotopic (exact) mass is 263 g/mol. The zero-order valence-electron chi connectivity index (χ0n) is 9.21. The largest absolute Gasteiger partial charge is 0.382 e. The first kappa shape index (κ1) is 12.1. The summed E-state index contributed by atoms with van der Waals surface area (Å²) in [5, 5.41) is 8.47. The van der Waals surface area contributed by atoms with Crippen molar-refractivity contribution in [1.82, 2.24) is 9.97 Å². The fraction of sp³-hybridized carbons (Fsp3) is 0. The molecule has 0 unspecified atom stereocenters. The lowest BCUT2D eigenvalue weighted by Crippen LogP contribution is -2.03. The molecule has 0 aliphatic heterocycles. The molecule has 0 spiro atoms. The Kier molecular flexibility index (Phi) is 3.24. The van der Waals surface area contributed by atoms with Gasteiger partial charge in [-0.25, -0.2) is 0 Å². The highest BCUT2D eigenvalue weighted by Crippen LogP contribution is 2.28. The van der Waals surface area contributed by atoms with Crippen LogP contribution in [0.15, 0.2) is 34.5 Å². The van der Waals surface area contributed by atoms with Crippen LogP contribution in [0, 0.1) is 0 Å². The third kappa shape index (κ3) is 2.64. The summed E-state index contributed by atoms with van der Waals surface area (Å²) in [6, 6.07) is 6.80. The van der Waals surface area contributed by atoms with Crippen LogP contribution >= 0.6 is 11.6 Å². The van der Waals surface area contributed by atoms with Crippen molar-refractivity contribution in [1.29, 1.82) is 0 Å². The Morgan fingerprint density at radius 1 is 0.889 bits per heavy atom. The molecule has 0 fully saturated rings. The summed E-state index contributed by atoms with van der Waals surface area (Å²) in [4.78, 5) is 7.50. The van der Waals surface area contributed by atoms with Gasteiger partial charge in [0.1, 0.15) is 0 Å². The molecule has 1 heterocycles. The average molecular weight is 264 g/mol. The number of azo groups is 1. The molecule has 0 aliphatic carbocycles. The Morgan fingerprint density at radius 3 is 2.00 bits per heavy atom. The van der Waals surface area contributed by atoms with Gasteiger partial charge in [0.15, 0.2) is 17.3 Å². The third-order valence-corrected chi connectivity index (χ3v) is 2.30. The molecule has 18 heavy (non-hydrogen) atoms. The van der Waals surface area contributed by atoms with Crippen LogP contribution in [0.2, 0.25) is 5.02 Å². The number of aromatic nitrogens is 2. The molecular weight excluding hydrogens is 254 g/mol. The van der Waals surface area contributed by atoms with E-state index in [0.29, 0.717) is 10.7 Å². The van der Waals surface area contributed by atoms with Crippen molar-refractivity contribution in [3.8, 4) is 0 Å². The molecule has 2 rings (SSSR count). The number of rotatable bonds is 2. The number of nitrogen functional groups attached to an aromatic ring is 3. The molecule has 6 N–H and O–H groups in total. The van der Waals surface area contributed by atoms with Crippen molar-refractivity contribution in [2.45, 2.75) is 0 Å². The normalized spacial score (nSPS) is 10.9. The molecule has 0 atom stereocenters. The van der Waals surface area contributed by atoms with Crippen molar-refractivity contribution >= 4 is 40.6 Å². The zero-order valence-corrected chi connectivity index (χ0v) is 9.96. The lowest BCUT2D eigenvalue weighted by Gasteiger charge is -2.02. The van der Waals surface area contributed by atoms with Crippen LogP contribution < -0.4 is 17.2 Å². The average Bonchev–Trinajstić information content (AvgIpc) is 2.30. The maximum atomic E-state index is 5.75. The minimum atomic E-state index is -0.00422. The number of hydrogen-bond acceptors (Lipinski definition) is 7. The van der Waals surface area contributed by atoms with Crippen LogP contribution in [0.4, 0.5) is 29.0 Å². The predicted molar refractivity (Wildman–Crippen MR) is 70.9 cm³/mol. The molecule has 0 saturated carbocycles. The third-order valence-electron chi connectivity index (χ3n) is 2.05. The Hall–Kier alpha value is -2.41. The van der Waals surface area contributed by atoms with Crippen molar-refractivity contribution in [3.05, 3.63) is 29.3 Å². The summed E-state index contributed by atoms with van der Waals surface area (Å²) in [5.74, 6) is 0.158. The predicted octanol–water partition coefficient (Wildman–Crippen LogP) is 2.29. The van der Waals surface area contributed by atoms with E-state index in [9.17, 15) is 0 Å². The first-order chi connectivity index (χ1) is 8.56. The second-order valence-electron chi connectivity index (χ2n) is 3.38. The fourth-order valence-corrected chi connectivity index (χ4v) is 1.35. The van der Waals surface area contributed by atoms with E-state index in [4.69, 9.17) is 28.8 Å². The first-order valence-corrected chi connectivity index (χ1v) is 5.30. The van der Waals surface area contributed by atoms with Gasteiger partial charge in [-0.05, 0) is 24.3 Å². The lowest BCUT2D eigenvalue weighted by atomic mass is 10.3. The highest BCUT2D eigenvalue weighted by molar-refractivity contribution is 6.30. The van der Waals surface area contributed by atoms with Crippen molar-refractivity contribution in [2.24, 2.45) is 10.2 Å². The standard InChI is InChI=1S/C10H10ClN7/c11-5-1-3-6(4-2-5)17-18-7-8(12)15-10(14)16-9(7)13/h1-4H,(H6,12,13,14,15,16). The minimum absolute atomic E-state index is 0.00422. The summed E-state index contributed by atoms with van der Waals surface area (Å²) >= 11 is 5.75. The van der Waals surface area contributed by atoms with Gasteiger partial charge < -0.3 is 17.2 Å². The highest BCUT2D eigenvalue weighted by Gasteiger charge is 2.07. The van der Waals surface area contributed by atoms with Crippen LogP contribution in [-0.2, 0) is 0 Å². The molecule has 92 valence electrons. The second-order valence-corrected chi connectivity index (χ2v) is 3.81. The summed E-state index contributed by atoms with van der Waals surface area (Å²) < 4.78 is 0. The van der Waals surface area contributed by atoms with E-state index < -0.39 is 0 Å². The summed E-state index contributed by atoms with van der Waals surface area (Å²) in [6.45, 7) is 0. The van der Waals surface area contributed by atoms with Crippen LogP contribution in [0.5, 0.6) is 0 Å². The summed E-state index contributed by atoms with van der Waals surface area (Å²) in [5.41, 5.74) is 17.4. The van der Waals surface area contributed by atoms with Crippen molar-refractivity contribution in [2.75, 3.05) is 17.2 Å².